The molecule has 2 fully saturated rings. The van der Waals surface area contributed by atoms with Gasteiger partial charge in [0.25, 0.3) is 11.4 Å². The van der Waals surface area contributed by atoms with Crippen molar-refractivity contribution in [1.82, 2.24) is 4.90 Å². The van der Waals surface area contributed by atoms with Gasteiger partial charge in [-0.05, 0) is 38.4 Å². The van der Waals surface area contributed by atoms with Gasteiger partial charge in [0.05, 0.1) is 15.9 Å². The van der Waals surface area contributed by atoms with Gasteiger partial charge in [0, 0.05) is 25.2 Å². The number of non-ortho nitro benzene ring substituents is 1. The first kappa shape index (κ1) is 14.7. The maximum Gasteiger partial charge on any atom is 0.299 e. The SMILES string of the molecule is O=[N+]([O-])c1ccc(N2CCC(N3CCCC3)C2)c([N+](=O)[O-])c1. The van der Waals surface area contributed by atoms with Gasteiger partial charge in [-0.25, -0.2) is 0 Å². The zero-order valence-electron chi connectivity index (χ0n) is 12.2. The lowest BCUT2D eigenvalue weighted by molar-refractivity contribution is -0.393. The van der Waals surface area contributed by atoms with E-state index in [0.29, 0.717) is 11.7 Å². The highest BCUT2D eigenvalue weighted by molar-refractivity contribution is 5.67. The number of nitrogens with zero attached hydrogens (tertiary/aromatic N) is 4. The highest BCUT2D eigenvalue weighted by Gasteiger charge is 2.32. The molecule has 2 aliphatic rings. The number of nitro groups is 2. The van der Waals surface area contributed by atoms with Crippen molar-refractivity contribution in [2.75, 3.05) is 31.1 Å². The molecule has 0 N–H and O–H groups in total. The van der Waals surface area contributed by atoms with E-state index >= 15 is 0 Å². The summed E-state index contributed by atoms with van der Waals surface area (Å²) in [5.41, 5.74) is 0.0549. The first-order chi connectivity index (χ1) is 10.6. The topological polar surface area (TPSA) is 92.8 Å². The third-order valence-electron chi connectivity index (χ3n) is 4.53. The molecule has 8 nitrogen and oxygen atoms in total. The molecule has 0 amide bonds. The van der Waals surface area contributed by atoms with Crippen molar-refractivity contribution >= 4 is 17.1 Å². The molecule has 1 unspecified atom stereocenters. The summed E-state index contributed by atoms with van der Waals surface area (Å²) >= 11 is 0. The Morgan fingerprint density at radius 1 is 1.05 bits per heavy atom. The summed E-state index contributed by atoms with van der Waals surface area (Å²) in [6.45, 7) is 3.69. The minimum Gasteiger partial charge on any atom is -0.364 e. The summed E-state index contributed by atoms with van der Waals surface area (Å²) in [6, 6.07) is 4.32. The Kier molecular flexibility index (Phi) is 3.93. The maximum absolute atomic E-state index is 11.2. The van der Waals surface area contributed by atoms with E-state index in [1.54, 1.807) is 0 Å². The van der Waals surface area contributed by atoms with E-state index in [1.165, 1.54) is 25.0 Å². The lowest BCUT2D eigenvalue weighted by Crippen LogP contribution is -2.35. The number of hydrogen-bond acceptors (Lipinski definition) is 6. The Balaban J connectivity index is 1.82. The molecule has 2 saturated heterocycles. The van der Waals surface area contributed by atoms with E-state index in [1.807, 2.05) is 4.90 Å². The van der Waals surface area contributed by atoms with Crippen LogP contribution in [-0.2, 0) is 0 Å². The van der Waals surface area contributed by atoms with Gasteiger partial charge < -0.3 is 4.90 Å². The van der Waals surface area contributed by atoms with Crippen LogP contribution in [0.25, 0.3) is 0 Å². The highest BCUT2D eigenvalue weighted by atomic mass is 16.6. The van der Waals surface area contributed by atoms with Gasteiger partial charge in [-0.15, -0.1) is 0 Å². The number of nitro benzene ring substituents is 2. The summed E-state index contributed by atoms with van der Waals surface area (Å²) in [4.78, 5) is 25.3. The van der Waals surface area contributed by atoms with Crippen LogP contribution in [0.4, 0.5) is 17.1 Å². The molecule has 0 saturated carbocycles. The van der Waals surface area contributed by atoms with Crippen LogP contribution in [0, 0.1) is 20.2 Å². The molecule has 0 spiro atoms. The number of benzene rings is 1. The Labute approximate surface area is 127 Å². The molecule has 0 radical (unpaired) electrons. The molecule has 2 heterocycles. The second kappa shape index (κ2) is 5.88. The number of rotatable bonds is 4. The van der Waals surface area contributed by atoms with E-state index in [0.717, 1.165) is 38.7 Å². The smallest absolute Gasteiger partial charge is 0.299 e. The molecule has 2 aliphatic heterocycles. The van der Waals surface area contributed by atoms with E-state index in [2.05, 4.69) is 4.90 Å². The van der Waals surface area contributed by atoms with Crippen LogP contribution in [0.2, 0.25) is 0 Å². The Morgan fingerprint density at radius 3 is 2.41 bits per heavy atom. The molecule has 1 aromatic carbocycles. The van der Waals surface area contributed by atoms with Crippen molar-refractivity contribution in [3.63, 3.8) is 0 Å². The normalized spacial score (nSPS) is 22.2. The molecular weight excluding hydrogens is 288 g/mol. The van der Waals surface area contributed by atoms with E-state index in [9.17, 15) is 20.2 Å². The molecule has 8 heteroatoms. The van der Waals surface area contributed by atoms with Crippen molar-refractivity contribution in [2.45, 2.75) is 25.3 Å². The molecule has 1 atom stereocenters. The monoisotopic (exact) mass is 306 g/mol. The first-order valence-electron chi connectivity index (χ1n) is 7.48. The van der Waals surface area contributed by atoms with Gasteiger partial charge in [-0.2, -0.15) is 0 Å². The standard InChI is InChI=1S/C14H18N4O4/c19-17(20)11-3-4-13(14(9-11)18(21)22)16-8-5-12(10-16)15-6-1-2-7-15/h3-4,9,12H,1-2,5-8,10H2. The number of hydrogen-bond donors (Lipinski definition) is 0. The van der Waals surface area contributed by atoms with Crippen LogP contribution in [0.3, 0.4) is 0 Å². The molecule has 22 heavy (non-hydrogen) atoms. The van der Waals surface area contributed by atoms with Crippen molar-refractivity contribution in [3.8, 4) is 0 Å². The van der Waals surface area contributed by atoms with Crippen molar-refractivity contribution < 1.29 is 9.85 Å². The fourth-order valence-corrected chi connectivity index (χ4v) is 3.40. The largest absolute Gasteiger partial charge is 0.364 e. The summed E-state index contributed by atoms with van der Waals surface area (Å²) in [5.74, 6) is 0. The van der Waals surface area contributed by atoms with Gasteiger partial charge in [-0.1, -0.05) is 0 Å². The minimum absolute atomic E-state index is 0.184. The predicted octanol–water partition coefficient (Wildman–Crippen LogP) is 2.18. The molecular formula is C14H18N4O4. The summed E-state index contributed by atoms with van der Waals surface area (Å²) in [7, 11) is 0. The van der Waals surface area contributed by atoms with E-state index in [4.69, 9.17) is 0 Å². The quantitative estimate of drug-likeness (QED) is 0.625. The van der Waals surface area contributed by atoms with E-state index < -0.39 is 9.85 Å². The van der Waals surface area contributed by atoms with Crippen LogP contribution in [0.1, 0.15) is 19.3 Å². The molecule has 3 rings (SSSR count). The molecule has 118 valence electrons. The van der Waals surface area contributed by atoms with Crippen molar-refractivity contribution in [1.29, 1.82) is 0 Å². The van der Waals surface area contributed by atoms with Crippen LogP contribution >= 0.6 is 0 Å². The van der Waals surface area contributed by atoms with Gasteiger partial charge in [0.1, 0.15) is 5.69 Å². The van der Waals surface area contributed by atoms with Crippen LogP contribution in [0.5, 0.6) is 0 Å². The number of anilines is 1. The molecule has 0 aliphatic carbocycles. The van der Waals surface area contributed by atoms with Gasteiger partial charge >= 0.3 is 0 Å². The molecule has 1 aromatic rings. The van der Waals surface area contributed by atoms with Gasteiger partial charge in [-0.3, -0.25) is 25.1 Å². The zero-order valence-corrected chi connectivity index (χ0v) is 12.2. The maximum atomic E-state index is 11.2. The van der Waals surface area contributed by atoms with Gasteiger partial charge in [0.15, 0.2) is 0 Å². The third kappa shape index (κ3) is 2.74. The molecule has 0 bridgehead atoms. The van der Waals surface area contributed by atoms with Crippen molar-refractivity contribution in [3.05, 3.63) is 38.4 Å². The summed E-state index contributed by atoms with van der Waals surface area (Å²) in [6.07, 6.45) is 3.41. The number of likely N-dealkylation sites (tertiary alicyclic amines) is 1. The summed E-state index contributed by atoms with van der Waals surface area (Å²) < 4.78 is 0. The van der Waals surface area contributed by atoms with E-state index in [-0.39, 0.29) is 11.4 Å². The van der Waals surface area contributed by atoms with Crippen LogP contribution < -0.4 is 4.90 Å². The Bertz CT molecular complexity index is 601. The third-order valence-corrected chi connectivity index (χ3v) is 4.53. The second-order valence-corrected chi connectivity index (χ2v) is 5.82. The lowest BCUT2D eigenvalue weighted by Gasteiger charge is -2.24. The van der Waals surface area contributed by atoms with Crippen LogP contribution in [-0.4, -0.2) is 47.0 Å². The fourth-order valence-electron chi connectivity index (χ4n) is 3.40. The molecule has 0 aromatic heterocycles. The Morgan fingerprint density at radius 2 is 1.77 bits per heavy atom. The Hall–Kier alpha value is -2.22. The zero-order chi connectivity index (χ0) is 15.7. The van der Waals surface area contributed by atoms with Crippen molar-refractivity contribution in [2.24, 2.45) is 0 Å². The van der Waals surface area contributed by atoms with Gasteiger partial charge in [0.2, 0.25) is 0 Å². The first-order valence-corrected chi connectivity index (χ1v) is 7.48. The summed E-state index contributed by atoms with van der Waals surface area (Å²) in [5, 5.41) is 22.0. The lowest BCUT2D eigenvalue weighted by atomic mass is 10.2. The van der Waals surface area contributed by atoms with Crippen LogP contribution in [0.15, 0.2) is 18.2 Å². The second-order valence-electron chi connectivity index (χ2n) is 5.82. The predicted molar refractivity (Wildman–Crippen MR) is 81.2 cm³/mol. The fraction of sp³-hybridized carbons (Fsp3) is 0.571. The highest BCUT2D eigenvalue weighted by Crippen LogP contribution is 2.35. The minimum atomic E-state index is -0.603. The average molecular weight is 306 g/mol. The average Bonchev–Trinajstić information content (AvgIpc) is 3.17.